The zero-order valence-corrected chi connectivity index (χ0v) is 21.6. The molecule has 0 saturated heterocycles. The molecule has 0 spiro atoms. The quantitative estimate of drug-likeness (QED) is 0.119. The number of amides is 1. The Morgan fingerprint density at radius 1 is 1.21 bits per heavy atom. The van der Waals surface area contributed by atoms with Crippen molar-refractivity contribution in [2.75, 3.05) is 12.9 Å². The molecule has 0 aliphatic carbocycles. The van der Waals surface area contributed by atoms with Crippen LogP contribution >= 0.6 is 34.4 Å². The largest absolute Gasteiger partial charge is 0.493 e. The summed E-state index contributed by atoms with van der Waals surface area (Å²) in [5, 5.41) is 4.50. The van der Waals surface area contributed by atoms with Gasteiger partial charge in [-0.2, -0.15) is 5.10 Å². The van der Waals surface area contributed by atoms with Gasteiger partial charge in [-0.15, -0.1) is 0 Å². The van der Waals surface area contributed by atoms with Crippen LogP contribution in [0.15, 0.2) is 75.4 Å². The summed E-state index contributed by atoms with van der Waals surface area (Å²) in [4.78, 5) is 16.5. The van der Waals surface area contributed by atoms with Gasteiger partial charge in [0.2, 0.25) is 0 Å². The number of halogens is 1. The number of benzene rings is 3. The van der Waals surface area contributed by atoms with E-state index in [0.29, 0.717) is 28.9 Å². The second-order valence-corrected chi connectivity index (χ2v) is 9.43. The summed E-state index contributed by atoms with van der Waals surface area (Å²) in [6, 6.07) is 19.4. The van der Waals surface area contributed by atoms with Crippen LogP contribution in [-0.4, -0.2) is 30.0 Å². The number of aryl methyl sites for hydroxylation is 1. The van der Waals surface area contributed by atoms with E-state index in [1.165, 1.54) is 17.3 Å². The molecule has 4 aromatic rings. The lowest BCUT2D eigenvalue weighted by molar-refractivity contribution is -0.118. The van der Waals surface area contributed by atoms with Crippen molar-refractivity contribution >= 4 is 57.6 Å². The Morgan fingerprint density at radius 2 is 2.00 bits per heavy atom. The van der Waals surface area contributed by atoms with Gasteiger partial charge in [-0.1, -0.05) is 53.7 Å². The molecule has 1 heterocycles. The monoisotopic (exact) mass is 587 g/mol. The molecule has 0 atom stereocenters. The number of para-hydroxylation sites is 2. The van der Waals surface area contributed by atoms with Crippen LogP contribution in [0.5, 0.6) is 11.5 Å². The Hall–Kier alpha value is -3.05. The lowest BCUT2D eigenvalue weighted by atomic mass is 10.2. The van der Waals surface area contributed by atoms with Gasteiger partial charge in [0.15, 0.2) is 17.1 Å². The van der Waals surface area contributed by atoms with Gasteiger partial charge in [-0.3, -0.25) is 4.79 Å². The topological polar surface area (TPSA) is 86.0 Å². The van der Waals surface area contributed by atoms with E-state index in [1.807, 2.05) is 48.5 Å². The van der Waals surface area contributed by atoms with Gasteiger partial charge in [-0.05, 0) is 64.9 Å². The molecule has 0 aliphatic rings. The second kappa shape index (κ2) is 11.4. The molecule has 1 N–H and O–H groups in total. The highest BCUT2D eigenvalue weighted by molar-refractivity contribution is 14.1. The normalized spacial score (nSPS) is 11.1. The number of carbonyl (C=O) groups excluding carboxylic acids is 1. The molecule has 0 unspecified atom stereocenters. The van der Waals surface area contributed by atoms with Crippen molar-refractivity contribution in [2.24, 2.45) is 5.10 Å². The molecule has 9 heteroatoms. The number of hydrogen-bond donors (Lipinski definition) is 1. The highest BCUT2D eigenvalue weighted by Crippen LogP contribution is 2.34. The molecule has 0 bridgehead atoms. The summed E-state index contributed by atoms with van der Waals surface area (Å²) < 4.78 is 18.0. The van der Waals surface area contributed by atoms with Gasteiger partial charge in [0.05, 0.1) is 22.6 Å². The summed E-state index contributed by atoms with van der Waals surface area (Å²) in [5.41, 5.74) is 7.03. The summed E-state index contributed by atoms with van der Waals surface area (Å²) in [6.07, 6.45) is 1.57. The highest BCUT2D eigenvalue weighted by Gasteiger charge is 2.12. The third-order valence-corrected chi connectivity index (χ3v) is 6.39. The maximum atomic E-state index is 12.1. The lowest BCUT2D eigenvalue weighted by Crippen LogP contribution is -2.19. The summed E-state index contributed by atoms with van der Waals surface area (Å²) in [6.45, 7) is 2.49. The van der Waals surface area contributed by atoms with Crippen molar-refractivity contribution < 1.29 is 18.7 Å². The number of nitrogens with one attached hydrogen (secondary N) is 1. The second-order valence-electron chi connectivity index (χ2n) is 7.34. The number of ether oxygens (including phenoxy) is 2. The smallest absolute Gasteiger partial charge is 0.257 e. The number of carbonyl (C=O) groups is 1. The average molecular weight is 587 g/mol. The van der Waals surface area contributed by atoms with E-state index in [-0.39, 0.29) is 11.7 Å². The van der Waals surface area contributed by atoms with Crippen LogP contribution < -0.4 is 14.9 Å². The predicted octanol–water partition coefficient (Wildman–Crippen LogP) is 5.57. The molecular weight excluding hydrogens is 565 g/mol. The van der Waals surface area contributed by atoms with Gasteiger partial charge in [0.1, 0.15) is 12.1 Å². The van der Waals surface area contributed by atoms with Crippen molar-refractivity contribution in [3.05, 3.63) is 80.9 Å². The summed E-state index contributed by atoms with van der Waals surface area (Å²) in [7, 11) is 1.59. The minimum Gasteiger partial charge on any atom is -0.493 e. The Labute approximate surface area is 215 Å². The molecule has 1 aromatic heterocycles. The molecular formula is C25H22IN3O4S. The predicted molar refractivity (Wildman–Crippen MR) is 142 cm³/mol. The molecule has 3 aromatic carbocycles. The van der Waals surface area contributed by atoms with E-state index in [9.17, 15) is 4.79 Å². The van der Waals surface area contributed by atoms with Crippen LogP contribution in [0.2, 0.25) is 0 Å². The van der Waals surface area contributed by atoms with Crippen molar-refractivity contribution in [1.82, 2.24) is 10.4 Å². The lowest BCUT2D eigenvalue weighted by Gasteiger charge is -2.13. The van der Waals surface area contributed by atoms with Gasteiger partial charge >= 0.3 is 0 Å². The number of thioether (sulfide) groups is 1. The van der Waals surface area contributed by atoms with Gasteiger partial charge in [0.25, 0.3) is 11.1 Å². The molecule has 7 nitrogen and oxygen atoms in total. The molecule has 0 radical (unpaired) electrons. The molecule has 0 saturated carbocycles. The molecule has 34 heavy (non-hydrogen) atoms. The minimum atomic E-state index is -0.261. The first-order valence-electron chi connectivity index (χ1n) is 10.4. The summed E-state index contributed by atoms with van der Waals surface area (Å²) in [5.74, 6) is 1.14. The van der Waals surface area contributed by atoms with Crippen LogP contribution in [0.25, 0.3) is 11.1 Å². The maximum absolute atomic E-state index is 12.1. The first kappa shape index (κ1) is 24.1. The van der Waals surface area contributed by atoms with Crippen LogP contribution in [-0.2, 0) is 11.4 Å². The van der Waals surface area contributed by atoms with E-state index in [1.54, 1.807) is 13.3 Å². The molecule has 174 valence electrons. The number of oxazole rings is 1. The van der Waals surface area contributed by atoms with Crippen molar-refractivity contribution in [1.29, 1.82) is 0 Å². The van der Waals surface area contributed by atoms with Crippen molar-refractivity contribution in [3.8, 4) is 11.5 Å². The van der Waals surface area contributed by atoms with Crippen LogP contribution in [0.4, 0.5) is 0 Å². The SMILES string of the molecule is COc1cc(/C=N\NC(=O)CSc2nc3ccccc3o2)cc(I)c1OCc1ccc(C)cc1. The molecule has 0 aliphatic heterocycles. The number of hydrogen-bond acceptors (Lipinski definition) is 7. The fourth-order valence-electron chi connectivity index (χ4n) is 3.05. The van der Waals surface area contributed by atoms with E-state index in [0.717, 1.165) is 20.2 Å². The van der Waals surface area contributed by atoms with Crippen molar-refractivity contribution in [3.63, 3.8) is 0 Å². The van der Waals surface area contributed by atoms with E-state index in [4.69, 9.17) is 13.9 Å². The zero-order chi connectivity index (χ0) is 23.9. The Kier molecular flexibility index (Phi) is 8.07. The summed E-state index contributed by atoms with van der Waals surface area (Å²) >= 11 is 3.41. The van der Waals surface area contributed by atoms with Crippen LogP contribution in [0, 0.1) is 10.5 Å². The Balaban J connectivity index is 1.33. The standard InChI is InChI=1S/C25H22IN3O4S/c1-16-7-9-17(10-8-16)14-32-24-19(26)11-18(12-22(24)31-2)13-27-29-23(30)15-34-25-28-20-5-3-4-6-21(20)33-25/h3-13H,14-15H2,1-2H3,(H,29,30)/b27-13-. The molecule has 1 amide bonds. The van der Waals surface area contributed by atoms with Gasteiger partial charge in [0, 0.05) is 0 Å². The third kappa shape index (κ3) is 6.29. The molecule has 0 fully saturated rings. The van der Waals surface area contributed by atoms with E-state index >= 15 is 0 Å². The Morgan fingerprint density at radius 3 is 2.76 bits per heavy atom. The number of methoxy groups -OCH3 is 1. The molecule has 4 rings (SSSR count). The Bertz CT molecular complexity index is 1290. The third-order valence-electron chi connectivity index (χ3n) is 4.76. The van der Waals surface area contributed by atoms with E-state index < -0.39 is 0 Å². The number of fused-ring (bicyclic) bond motifs is 1. The number of aromatic nitrogens is 1. The maximum Gasteiger partial charge on any atom is 0.257 e. The van der Waals surface area contributed by atoms with Gasteiger partial charge < -0.3 is 13.9 Å². The van der Waals surface area contributed by atoms with Crippen LogP contribution in [0.3, 0.4) is 0 Å². The first-order chi connectivity index (χ1) is 16.5. The van der Waals surface area contributed by atoms with Crippen molar-refractivity contribution in [2.45, 2.75) is 18.8 Å². The minimum absolute atomic E-state index is 0.136. The van der Waals surface area contributed by atoms with E-state index in [2.05, 4.69) is 57.2 Å². The zero-order valence-electron chi connectivity index (χ0n) is 18.6. The number of nitrogens with zero attached hydrogens (tertiary/aromatic N) is 2. The van der Waals surface area contributed by atoms with Crippen LogP contribution in [0.1, 0.15) is 16.7 Å². The first-order valence-corrected chi connectivity index (χ1v) is 12.4. The fourth-order valence-corrected chi connectivity index (χ4v) is 4.46. The average Bonchev–Trinajstić information content (AvgIpc) is 3.26. The number of rotatable bonds is 9. The number of hydrazone groups is 1. The highest BCUT2D eigenvalue weighted by atomic mass is 127. The fraction of sp³-hybridized carbons (Fsp3) is 0.160. The van der Waals surface area contributed by atoms with Gasteiger partial charge in [-0.25, -0.2) is 10.4 Å².